The van der Waals surface area contributed by atoms with Crippen molar-refractivity contribution in [1.29, 1.82) is 0 Å². The molecule has 1 aromatic carbocycles. The van der Waals surface area contributed by atoms with Crippen molar-refractivity contribution in [1.82, 2.24) is 10.3 Å². The number of amides is 1. The maximum Gasteiger partial charge on any atom is 0.416 e. The average molecular weight is 373 g/mol. The van der Waals surface area contributed by atoms with Crippen molar-refractivity contribution < 1.29 is 18.0 Å². The van der Waals surface area contributed by atoms with Gasteiger partial charge in [-0.2, -0.15) is 13.2 Å². The lowest BCUT2D eigenvalue weighted by atomic mass is 10.1. The maximum atomic E-state index is 12.7. The number of carbonyl (C=O) groups is 1. The summed E-state index contributed by atoms with van der Waals surface area (Å²) in [6.07, 6.45) is -0.615. The Bertz CT molecular complexity index is 878. The Hall–Kier alpha value is -3.01. The highest BCUT2D eigenvalue weighted by atomic mass is 19.4. The molecular weight excluding hydrogens is 355 g/mol. The molecule has 1 aliphatic heterocycles. The highest BCUT2D eigenvalue weighted by Gasteiger charge is 2.30. The lowest BCUT2D eigenvalue weighted by Gasteiger charge is -2.19. The second-order valence-corrected chi connectivity index (χ2v) is 6.13. The van der Waals surface area contributed by atoms with Crippen LogP contribution in [0.5, 0.6) is 0 Å². The number of nitrogens with one attached hydrogen (secondary N) is 1. The number of alkyl halides is 3. The van der Waals surface area contributed by atoms with E-state index in [9.17, 15) is 18.0 Å². The molecular formula is C20H18F3N3O. The summed E-state index contributed by atoms with van der Waals surface area (Å²) in [5, 5.41) is 2.68. The predicted molar refractivity (Wildman–Crippen MR) is 96.3 cm³/mol. The normalized spacial score (nSPS) is 13.8. The van der Waals surface area contributed by atoms with Gasteiger partial charge in [0.15, 0.2) is 0 Å². The van der Waals surface area contributed by atoms with Crippen LogP contribution in [0, 0.1) is 11.8 Å². The molecule has 0 spiro atoms. The Morgan fingerprint density at radius 2 is 1.96 bits per heavy atom. The highest BCUT2D eigenvalue weighted by Crippen LogP contribution is 2.29. The van der Waals surface area contributed by atoms with Crippen LogP contribution in [0.4, 0.5) is 19.0 Å². The van der Waals surface area contributed by atoms with Crippen LogP contribution in [-0.2, 0) is 6.18 Å². The zero-order valence-corrected chi connectivity index (χ0v) is 14.5. The number of halogens is 3. The first-order valence-corrected chi connectivity index (χ1v) is 8.59. The van der Waals surface area contributed by atoms with E-state index in [4.69, 9.17) is 0 Å². The minimum atomic E-state index is -4.40. The van der Waals surface area contributed by atoms with Crippen molar-refractivity contribution in [2.75, 3.05) is 24.5 Å². The van der Waals surface area contributed by atoms with Gasteiger partial charge in [0.05, 0.1) is 17.7 Å². The third-order valence-corrected chi connectivity index (χ3v) is 4.20. The number of aromatic nitrogens is 1. The molecule has 1 aliphatic rings. The lowest BCUT2D eigenvalue weighted by molar-refractivity contribution is -0.137. The zero-order valence-electron chi connectivity index (χ0n) is 14.5. The Labute approximate surface area is 155 Å². The van der Waals surface area contributed by atoms with Crippen LogP contribution >= 0.6 is 0 Å². The third kappa shape index (κ3) is 4.79. The van der Waals surface area contributed by atoms with E-state index in [0.29, 0.717) is 11.4 Å². The molecule has 0 atom stereocenters. The average Bonchev–Trinajstić information content (AvgIpc) is 3.19. The molecule has 0 unspecified atom stereocenters. The second kappa shape index (κ2) is 8.12. The summed E-state index contributed by atoms with van der Waals surface area (Å²) in [4.78, 5) is 18.8. The first-order valence-electron chi connectivity index (χ1n) is 8.59. The van der Waals surface area contributed by atoms with Gasteiger partial charge >= 0.3 is 6.18 Å². The summed E-state index contributed by atoms with van der Waals surface area (Å²) in [5.41, 5.74) is -0.0255. The Balaban J connectivity index is 1.64. The molecule has 7 heteroatoms. The quantitative estimate of drug-likeness (QED) is 0.838. The molecule has 4 nitrogen and oxygen atoms in total. The van der Waals surface area contributed by atoms with Gasteiger partial charge in [0.25, 0.3) is 5.91 Å². The van der Waals surface area contributed by atoms with Crippen LogP contribution in [0.25, 0.3) is 0 Å². The van der Waals surface area contributed by atoms with E-state index in [1.165, 1.54) is 12.1 Å². The summed E-state index contributed by atoms with van der Waals surface area (Å²) < 4.78 is 38.1. The minimum Gasteiger partial charge on any atom is -0.356 e. The first-order chi connectivity index (χ1) is 12.9. The molecule has 1 amide bonds. The molecule has 1 fully saturated rings. The number of nitrogens with zero attached hydrogens (tertiary/aromatic N) is 2. The number of hydrogen-bond donors (Lipinski definition) is 1. The van der Waals surface area contributed by atoms with Crippen molar-refractivity contribution in [3.63, 3.8) is 0 Å². The van der Waals surface area contributed by atoms with E-state index in [-0.39, 0.29) is 18.0 Å². The molecule has 1 saturated heterocycles. The lowest BCUT2D eigenvalue weighted by Crippen LogP contribution is -2.28. The largest absolute Gasteiger partial charge is 0.416 e. The number of carbonyl (C=O) groups excluding carboxylic acids is 1. The van der Waals surface area contributed by atoms with Gasteiger partial charge in [-0.25, -0.2) is 4.98 Å². The standard InChI is InChI=1S/C20H18F3N3O/c21-20(22,23)16-8-3-6-15(14-16)7-4-11-25-19(27)17-9-5-10-24-18(17)26-12-1-2-13-26/h3,5-6,8-10,14H,1-2,11-13H2,(H,25,27). The molecule has 140 valence electrons. The van der Waals surface area contributed by atoms with E-state index in [2.05, 4.69) is 27.0 Å². The molecule has 2 heterocycles. The number of rotatable bonds is 3. The van der Waals surface area contributed by atoms with E-state index >= 15 is 0 Å². The number of pyridine rings is 1. The van der Waals surface area contributed by atoms with E-state index < -0.39 is 11.7 Å². The van der Waals surface area contributed by atoms with Crippen LogP contribution in [0.15, 0.2) is 42.6 Å². The molecule has 1 N–H and O–H groups in total. The van der Waals surface area contributed by atoms with Crippen LogP contribution in [0.3, 0.4) is 0 Å². The van der Waals surface area contributed by atoms with Crippen molar-refractivity contribution in [2.45, 2.75) is 19.0 Å². The van der Waals surface area contributed by atoms with Gasteiger partial charge in [-0.15, -0.1) is 0 Å². The summed E-state index contributed by atoms with van der Waals surface area (Å²) >= 11 is 0. The van der Waals surface area contributed by atoms with Crippen LogP contribution in [0.2, 0.25) is 0 Å². The van der Waals surface area contributed by atoms with Crippen molar-refractivity contribution in [3.8, 4) is 11.8 Å². The summed E-state index contributed by atoms with van der Waals surface area (Å²) in [7, 11) is 0. The molecule has 0 aliphatic carbocycles. The fraction of sp³-hybridized carbons (Fsp3) is 0.300. The van der Waals surface area contributed by atoms with Crippen molar-refractivity contribution in [3.05, 3.63) is 59.3 Å². The summed E-state index contributed by atoms with van der Waals surface area (Å²) in [6, 6.07) is 8.19. The molecule has 3 rings (SSSR count). The number of anilines is 1. The summed E-state index contributed by atoms with van der Waals surface area (Å²) in [6.45, 7) is 1.77. The zero-order chi connectivity index (χ0) is 19.3. The highest BCUT2D eigenvalue weighted by molar-refractivity contribution is 5.99. The fourth-order valence-corrected chi connectivity index (χ4v) is 2.89. The topological polar surface area (TPSA) is 45.2 Å². The van der Waals surface area contributed by atoms with Gasteiger partial charge in [-0.3, -0.25) is 4.79 Å². The molecule has 27 heavy (non-hydrogen) atoms. The van der Waals surface area contributed by atoms with Crippen LogP contribution < -0.4 is 10.2 Å². The molecule has 0 saturated carbocycles. The van der Waals surface area contributed by atoms with Crippen LogP contribution in [-0.4, -0.2) is 30.5 Å². The number of hydrogen-bond acceptors (Lipinski definition) is 3. The fourth-order valence-electron chi connectivity index (χ4n) is 2.89. The van der Waals surface area contributed by atoms with Gasteiger partial charge in [-0.1, -0.05) is 17.9 Å². The minimum absolute atomic E-state index is 0.0312. The van der Waals surface area contributed by atoms with Gasteiger partial charge in [0, 0.05) is 24.8 Å². The Kier molecular flexibility index (Phi) is 5.65. The second-order valence-electron chi connectivity index (χ2n) is 6.13. The third-order valence-electron chi connectivity index (χ3n) is 4.20. The predicted octanol–water partition coefficient (Wildman–Crippen LogP) is 3.48. The van der Waals surface area contributed by atoms with E-state index in [0.717, 1.165) is 38.1 Å². The van der Waals surface area contributed by atoms with E-state index in [1.54, 1.807) is 18.3 Å². The van der Waals surface area contributed by atoms with Crippen LogP contribution in [0.1, 0.15) is 34.3 Å². The molecule has 2 aromatic rings. The Morgan fingerprint density at radius 3 is 2.70 bits per heavy atom. The van der Waals surface area contributed by atoms with Gasteiger partial charge in [0.1, 0.15) is 5.82 Å². The van der Waals surface area contributed by atoms with E-state index in [1.807, 2.05) is 0 Å². The van der Waals surface area contributed by atoms with Crippen molar-refractivity contribution >= 4 is 11.7 Å². The molecule has 1 aromatic heterocycles. The van der Waals surface area contributed by atoms with Gasteiger partial charge in [-0.05, 0) is 43.2 Å². The monoisotopic (exact) mass is 373 g/mol. The molecule has 0 bridgehead atoms. The van der Waals surface area contributed by atoms with Gasteiger partial charge < -0.3 is 10.2 Å². The SMILES string of the molecule is O=C(NCC#Cc1cccc(C(F)(F)F)c1)c1cccnc1N1CCCC1. The molecule has 0 radical (unpaired) electrons. The smallest absolute Gasteiger partial charge is 0.356 e. The number of benzene rings is 1. The first kappa shape index (κ1) is 18.8. The Morgan fingerprint density at radius 1 is 1.19 bits per heavy atom. The van der Waals surface area contributed by atoms with Crippen molar-refractivity contribution in [2.24, 2.45) is 0 Å². The maximum absolute atomic E-state index is 12.7. The summed E-state index contributed by atoms with van der Waals surface area (Å²) in [5.74, 6) is 5.68. The van der Waals surface area contributed by atoms with Gasteiger partial charge in [0.2, 0.25) is 0 Å².